The fourth-order valence-electron chi connectivity index (χ4n) is 1.69. The summed E-state index contributed by atoms with van der Waals surface area (Å²) in [7, 11) is 3.49. The van der Waals surface area contributed by atoms with Gasteiger partial charge in [-0.05, 0) is 17.7 Å². The van der Waals surface area contributed by atoms with Crippen LogP contribution in [0, 0.1) is 0 Å². The molecule has 2 rings (SSSR count). The highest BCUT2D eigenvalue weighted by Crippen LogP contribution is 2.25. The van der Waals surface area contributed by atoms with E-state index in [0.29, 0.717) is 18.0 Å². The number of hydrogen-bond donors (Lipinski definition) is 1. The summed E-state index contributed by atoms with van der Waals surface area (Å²) >= 11 is 0. The van der Waals surface area contributed by atoms with Crippen LogP contribution in [-0.2, 0) is 13.5 Å². The topological polar surface area (TPSA) is 62.3 Å². The van der Waals surface area contributed by atoms with Crippen molar-refractivity contribution >= 4 is 5.69 Å². The number of methoxy groups -OCH3 is 1. The van der Waals surface area contributed by atoms with Crippen LogP contribution in [0.25, 0.3) is 0 Å². The highest BCUT2D eigenvalue weighted by atomic mass is 16.5. The van der Waals surface area contributed by atoms with Crippen LogP contribution >= 0.6 is 0 Å². The number of rotatable bonds is 5. The van der Waals surface area contributed by atoms with E-state index in [1.807, 2.05) is 25.5 Å². The molecule has 5 heteroatoms. The van der Waals surface area contributed by atoms with Gasteiger partial charge < -0.3 is 15.2 Å². The number of hydrogen-bond acceptors (Lipinski definition) is 4. The second-order valence-electron chi connectivity index (χ2n) is 4.02. The number of nitrogens with two attached hydrogens (primary N) is 1. The molecule has 0 unspecified atom stereocenters. The summed E-state index contributed by atoms with van der Waals surface area (Å²) in [5.74, 6) is 1.41. The first-order valence-corrected chi connectivity index (χ1v) is 5.73. The van der Waals surface area contributed by atoms with Crippen LogP contribution in [0.15, 0.2) is 30.6 Å². The van der Waals surface area contributed by atoms with Gasteiger partial charge in [-0.2, -0.15) is 5.10 Å². The largest absolute Gasteiger partial charge is 0.495 e. The SMILES string of the molecule is COc1ccc(OCCc2cnn(C)c2)cc1N. The van der Waals surface area contributed by atoms with Crippen molar-refractivity contribution in [3.63, 3.8) is 0 Å². The number of nitrogen functional groups attached to an aromatic ring is 1. The van der Waals surface area contributed by atoms with Gasteiger partial charge in [-0.1, -0.05) is 0 Å². The molecule has 2 aromatic rings. The van der Waals surface area contributed by atoms with Gasteiger partial charge in [-0.15, -0.1) is 0 Å². The molecule has 0 aliphatic rings. The van der Waals surface area contributed by atoms with Gasteiger partial charge in [-0.25, -0.2) is 0 Å². The van der Waals surface area contributed by atoms with Crippen molar-refractivity contribution in [2.24, 2.45) is 7.05 Å². The standard InChI is InChI=1S/C13H17N3O2/c1-16-9-10(8-15-16)5-6-18-11-3-4-13(17-2)12(14)7-11/h3-4,7-9H,5-6,14H2,1-2H3. The summed E-state index contributed by atoms with van der Waals surface area (Å²) in [5, 5.41) is 4.10. The molecule has 96 valence electrons. The number of ether oxygens (including phenoxy) is 2. The van der Waals surface area contributed by atoms with Gasteiger partial charge in [-0.3, -0.25) is 4.68 Å². The van der Waals surface area contributed by atoms with Gasteiger partial charge >= 0.3 is 0 Å². The summed E-state index contributed by atoms with van der Waals surface area (Å²) in [4.78, 5) is 0. The molecule has 0 amide bonds. The van der Waals surface area contributed by atoms with Crippen LogP contribution in [0.3, 0.4) is 0 Å². The van der Waals surface area contributed by atoms with E-state index in [-0.39, 0.29) is 0 Å². The molecule has 0 saturated carbocycles. The first-order valence-electron chi connectivity index (χ1n) is 5.73. The van der Waals surface area contributed by atoms with E-state index in [1.54, 1.807) is 23.9 Å². The second kappa shape index (κ2) is 5.44. The lowest BCUT2D eigenvalue weighted by atomic mass is 10.2. The number of nitrogens with zero attached hydrogens (tertiary/aromatic N) is 2. The lowest BCUT2D eigenvalue weighted by Gasteiger charge is -2.08. The van der Waals surface area contributed by atoms with Gasteiger partial charge in [0.15, 0.2) is 0 Å². The summed E-state index contributed by atoms with van der Waals surface area (Å²) in [6, 6.07) is 5.41. The summed E-state index contributed by atoms with van der Waals surface area (Å²) in [6.07, 6.45) is 4.64. The van der Waals surface area contributed by atoms with Crippen LogP contribution < -0.4 is 15.2 Å². The molecule has 0 atom stereocenters. The Labute approximate surface area is 106 Å². The van der Waals surface area contributed by atoms with E-state index in [1.165, 1.54) is 0 Å². The Bertz CT molecular complexity index is 523. The predicted molar refractivity (Wildman–Crippen MR) is 69.8 cm³/mol. The molecule has 18 heavy (non-hydrogen) atoms. The lowest BCUT2D eigenvalue weighted by molar-refractivity contribution is 0.321. The third-order valence-electron chi connectivity index (χ3n) is 2.62. The maximum absolute atomic E-state index is 5.80. The quantitative estimate of drug-likeness (QED) is 0.816. The zero-order valence-electron chi connectivity index (χ0n) is 10.6. The van der Waals surface area contributed by atoms with Crippen molar-refractivity contribution < 1.29 is 9.47 Å². The Hall–Kier alpha value is -2.17. The Morgan fingerprint density at radius 3 is 2.83 bits per heavy atom. The average Bonchev–Trinajstić information content (AvgIpc) is 2.75. The molecule has 1 aromatic carbocycles. The fraction of sp³-hybridized carbons (Fsp3) is 0.308. The zero-order chi connectivity index (χ0) is 13.0. The molecule has 0 bridgehead atoms. The predicted octanol–water partition coefficient (Wildman–Crippen LogP) is 1.63. The summed E-state index contributed by atoms with van der Waals surface area (Å²) < 4.78 is 12.5. The molecule has 5 nitrogen and oxygen atoms in total. The molecule has 0 spiro atoms. The van der Waals surface area contributed by atoms with Crippen molar-refractivity contribution in [2.45, 2.75) is 6.42 Å². The van der Waals surface area contributed by atoms with E-state index in [0.717, 1.165) is 17.7 Å². The number of aromatic nitrogens is 2. The Morgan fingerprint density at radius 2 is 2.22 bits per heavy atom. The average molecular weight is 247 g/mol. The first-order chi connectivity index (χ1) is 8.69. The van der Waals surface area contributed by atoms with Gasteiger partial charge in [0.25, 0.3) is 0 Å². The summed E-state index contributed by atoms with van der Waals surface area (Å²) in [6.45, 7) is 0.595. The molecule has 0 fully saturated rings. The smallest absolute Gasteiger partial charge is 0.142 e. The first kappa shape index (κ1) is 12.3. The van der Waals surface area contributed by atoms with E-state index in [2.05, 4.69) is 5.10 Å². The fourth-order valence-corrected chi connectivity index (χ4v) is 1.69. The van der Waals surface area contributed by atoms with Crippen LogP contribution in [0.5, 0.6) is 11.5 Å². The van der Waals surface area contributed by atoms with Crippen LogP contribution in [0.2, 0.25) is 0 Å². The number of aryl methyl sites for hydroxylation is 1. The van der Waals surface area contributed by atoms with E-state index in [9.17, 15) is 0 Å². The minimum Gasteiger partial charge on any atom is -0.495 e. The van der Waals surface area contributed by atoms with Gasteiger partial charge in [0, 0.05) is 25.7 Å². The van der Waals surface area contributed by atoms with Crippen molar-refractivity contribution in [3.8, 4) is 11.5 Å². The Kier molecular flexibility index (Phi) is 3.72. The normalized spacial score (nSPS) is 10.3. The molecule has 0 radical (unpaired) electrons. The van der Waals surface area contributed by atoms with Crippen LogP contribution in [-0.4, -0.2) is 23.5 Å². The number of anilines is 1. The summed E-state index contributed by atoms with van der Waals surface area (Å²) in [5.41, 5.74) is 7.53. The molecular formula is C13H17N3O2. The van der Waals surface area contributed by atoms with Crippen LogP contribution in [0.1, 0.15) is 5.56 Å². The van der Waals surface area contributed by atoms with Crippen molar-refractivity contribution in [2.75, 3.05) is 19.5 Å². The van der Waals surface area contributed by atoms with E-state index in [4.69, 9.17) is 15.2 Å². The highest BCUT2D eigenvalue weighted by Gasteiger charge is 2.02. The third-order valence-corrected chi connectivity index (χ3v) is 2.62. The molecule has 1 heterocycles. The molecule has 1 aromatic heterocycles. The van der Waals surface area contributed by atoms with Crippen LogP contribution in [0.4, 0.5) is 5.69 Å². The number of benzene rings is 1. The maximum atomic E-state index is 5.80. The second-order valence-corrected chi connectivity index (χ2v) is 4.02. The van der Waals surface area contributed by atoms with Gasteiger partial charge in [0.2, 0.25) is 0 Å². The Balaban J connectivity index is 1.88. The third kappa shape index (κ3) is 2.94. The van der Waals surface area contributed by atoms with E-state index >= 15 is 0 Å². The molecular weight excluding hydrogens is 230 g/mol. The van der Waals surface area contributed by atoms with Crippen molar-refractivity contribution in [1.82, 2.24) is 9.78 Å². The van der Waals surface area contributed by atoms with Crippen molar-refractivity contribution in [3.05, 3.63) is 36.2 Å². The van der Waals surface area contributed by atoms with Gasteiger partial charge in [0.1, 0.15) is 11.5 Å². The van der Waals surface area contributed by atoms with E-state index < -0.39 is 0 Å². The molecule has 0 aliphatic carbocycles. The minimum atomic E-state index is 0.580. The lowest BCUT2D eigenvalue weighted by Crippen LogP contribution is -2.01. The molecule has 0 saturated heterocycles. The van der Waals surface area contributed by atoms with Gasteiger partial charge in [0.05, 0.1) is 25.6 Å². The minimum absolute atomic E-state index is 0.580. The molecule has 2 N–H and O–H groups in total. The monoisotopic (exact) mass is 247 g/mol. The maximum Gasteiger partial charge on any atom is 0.142 e. The molecule has 0 aliphatic heterocycles. The van der Waals surface area contributed by atoms with Crippen molar-refractivity contribution in [1.29, 1.82) is 0 Å². The highest BCUT2D eigenvalue weighted by molar-refractivity contribution is 5.56. The zero-order valence-corrected chi connectivity index (χ0v) is 10.6. The Morgan fingerprint density at radius 1 is 1.39 bits per heavy atom.